The van der Waals surface area contributed by atoms with Gasteiger partial charge in [-0.15, -0.1) is 0 Å². The highest BCUT2D eigenvalue weighted by atomic mass is 16.5. The predicted octanol–water partition coefficient (Wildman–Crippen LogP) is 8.03. The zero-order chi connectivity index (χ0) is 20.0. The lowest BCUT2D eigenvalue weighted by Crippen LogP contribution is -2.24. The number of unbranched alkanes of at least 4 members (excludes halogenated alkanes) is 8. The molecule has 27 heavy (non-hydrogen) atoms. The van der Waals surface area contributed by atoms with Gasteiger partial charge in [0.15, 0.2) is 5.90 Å². The van der Waals surface area contributed by atoms with Crippen molar-refractivity contribution in [1.82, 2.24) is 0 Å². The van der Waals surface area contributed by atoms with Crippen LogP contribution in [0.4, 0.5) is 0 Å². The summed E-state index contributed by atoms with van der Waals surface area (Å²) in [7, 11) is 0. The van der Waals surface area contributed by atoms with Crippen LogP contribution in [-0.2, 0) is 4.74 Å². The minimum absolute atomic E-state index is 0.0367. The number of nitrogens with zero attached hydrogens (tertiary/aromatic N) is 1. The van der Waals surface area contributed by atoms with Crippen LogP contribution in [0.1, 0.15) is 112 Å². The first-order chi connectivity index (χ1) is 12.9. The van der Waals surface area contributed by atoms with Gasteiger partial charge in [0.25, 0.3) is 0 Å². The minimum atomic E-state index is -0.0367. The maximum atomic E-state index is 5.85. The zero-order valence-corrected chi connectivity index (χ0v) is 18.9. The molecule has 1 aliphatic rings. The van der Waals surface area contributed by atoms with Gasteiger partial charge in [-0.2, -0.15) is 0 Å². The van der Waals surface area contributed by atoms with Crippen molar-refractivity contribution >= 4 is 5.90 Å². The average Bonchev–Trinajstić information content (AvgIpc) is 2.99. The van der Waals surface area contributed by atoms with E-state index in [1.165, 1.54) is 70.6 Å². The normalized spacial score (nSPS) is 17.0. The molecule has 0 amide bonds. The number of hydrogen-bond donors (Lipinski definition) is 0. The molecule has 2 nitrogen and oxygen atoms in total. The van der Waals surface area contributed by atoms with Crippen molar-refractivity contribution in [2.75, 3.05) is 6.61 Å². The summed E-state index contributed by atoms with van der Waals surface area (Å²) in [6.07, 6.45) is 24.7. The fourth-order valence-electron chi connectivity index (χ4n) is 3.42. The Hall–Kier alpha value is -1.05. The van der Waals surface area contributed by atoms with Crippen molar-refractivity contribution in [3.8, 4) is 0 Å². The lowest BCUT2D eigenvalue weighted by molar-refractivity contribution is 0.244. The lowest BCUT2D eigenvalue weighted by Gasteiger charge is -2.23. The first-order valence-electron chi connectivity index (χ1n) is 11.4. The van der Waals surface area contributed by atoms with Crippen LogP contribution < -0.4 is 0 Å². The molecule has 1 aliphatic heterocycles. The van der Waals surface area contributed by atoms with Crippen LogP contribution >= 0.6 is 0 Å². The Morgan fingerprint density at radius 1 is 0.889 bits per heavy atom. The summed E-state index contributed by atoms with van der Waals surface area (Å²) in [5.41, 5.74) is 0.0472. The van der Waals surface area contributed by atoms with Gasteiger partial charge in [-0.1, -0.05) is 83.6 Å². The van der Waals surface area contributed by atoms with E-state index < -0.39 is 0 Å². The number of aliphatic imine (C=N–C) groups is 1. The van der Waals surface area contributed by atoms with Gasteiger partial charge in [0.1, 0.15) is 6.61 Å². The number of ether oxygens (including phenoxy) is 1. The van der Waals surface area contributed by atoms with Gasteiger partial charge in [-0.05, 0) is 52.4 Å². The van der Waals surface area contributed by atoms with Crippen molar-refractivity contribution < 1.29 is 4.74 Å². The average molecular weight is 376 g/mol. The third-order valence-corrected chi connectivity index (χ3v) is 5.30. The van der Waals surface area contributed by atoms with Crippen molar-refractivity contribution in [3.63, 3.8) is 0 Å². The Kier molecular flexibility index (Phi) is 11.7. The summed E-state index contributed by atoms with van der Waals surface area (Å²) >= 11 is 0. The molecule has 0 aromatic rings. The Morgan fingerprint density at radius 3 is 2.07 bits per heavy atom. The maximum absolute atomic E-state index is 5.85. The van der Waals surface area contributed by atoms with Crippen LogP contribution in [-0.4, -0.2) is 18.0 Å². The van der Waals surface area contributed by atoms with Crippen LogP contribution in [0.15, 0.2) is 29.3 Å². The van der Waals surface area contributed by atoms with E-state index in [4.69, 9.17) is 9.73 Å². The molecule has 0 aromatic carbocycles. The molecule has 0 aliphatic carbocycles. The largest absolute Gasteiger partial charge is 0.478 e. The van der Waals surface area contributed by atoms with Gasteiger partial charge >= 0.3 is 0 Å². The molecule has 0 bridgehead atoms. The molecule has 0 saturated carbocycles. The second-order valence-electron chi connectivity index (χ2n) is 9.38. The molecule has 1 heterocycles. The first kappa shape index (κ1) is 24.0. The van der Waals surface area contributed by atoms with Crippen LogP contribution in [0.25, 0.3) is 0 Å². The maximum Gasteiger partial charge on any atom is 0.189 e. The zero-order valence-electron chi connectivity index (χ0n) is 18.9. The van der Waals surface area contributed by atoms with Gasteiger partial charge in [-0.3, -0.25) is 0 Å². The molecule has 156 valence electrons. The molecule has 1 rings (SSSR count). The Morgan fingerprint density at radius 2 is 1.48 bits per heavy atom. The third-order valence-electron chi connectivity index (χ3n) is 5.30. The molecule has 0 atom stereocenters. The summed E-state index contributed by atoms with van der Waals surface area (Å²) in [6, 6.07) is 0. The fourth-order valence-corrected chi connectivity index (χ4v) is 3.42. The highest BCUT2D eigenvalue weighted by Gasteiger charge is 2.35. The molecule has 2 heteroatoms. The number of hydrogen-bond acceptors (Lipinski definition) is 2. The summed E-state index contributed by atoms with van der Waals surface area (Å²) in [5, 5.41) is 0. The standard InChI is InChI=1S/C25H45NO/c1-6-7-8-9-10-11-12-13-14-15-16-17-18-19-20-21-24(2,3)23-26-25(4,5)22-27-23/h10-11,13-14H,6-9,12,15-22H2,1-5H3/b11-10-,14-13-. The van der Waals surface area contributed by atoms with E-state index in [0.29, 0.717) is 0 Å². The second kappa shape index (κ2) is 13.2. The molecule has 0 aromatic heterocycles. The summed E-state index contributed by atoms with van der Waals surface area (Å²) in [5.74, 6) is 0.969. The Bertz CT molecular complexity index is 471. The Labute approximate surface area is 169 Å². The molecule has 0 unspecified atom stereocenters. The Balaban J connectivity index is 1.98. The monoisotopic (exact) mass is 375 g/mol. The van der Waals surface area contributed by atoms with Crippen LogP contribution in [0.2, 0.25) is 0 Å². The van der Waals surface area contributed by atoms with E-state index >= 15 is 0 Å². The van der Waals surface area contributed by atoms with Crippen LogP contribution in [0, 0.1) is 5.41 Å². The van der Waals surface area contributed by atoms with E-state index in [2.05, 4.69) is 58.9 Å². The number of allylic oxidation sites excluding steroid dienone is 4. The van der Waals surface area contributed by atoms with E-state index in [0.717, 1.165) is 18.9 Å². The van der Waals surface area contributed by atoms with E-state index in [1.807, 2.05) is 0 Å². The quantitative estimate of drug-likeness (QED) is 0.210. The van der Waals surface area contributed by atoms with Gasteiger partial charge in [-0.25, -0.2) is 4.99 Å². The van der Waals surface area contributed by atoms with Crippen molar-refractivity contribution in [3.05, 3.63) is 24.3 Å². The topological polar surface area (TPSA) is 21.6 Å². The van der Waals surface area contributed by atoms with E-state index in [-0.39, 0.29) is 11.0 Å². The third kappa shape index (κ3) is 11.4. The van der Waals surface area contributed by atoms with E-state index in [9.17, 15) is 0 Å². The molecule has 0 N–H and O–H groups in total. The van der Waals surface area contributed by atoms with Crippen molar-refractivity contribution in [2.45, 2.75) is 117 Å². The van der Waals surface area contributed by atoms with Gasteiger partial charge < -0.3 is 4.74 Å². The van der Waals surface area contributed by atoms with Gasteiger partial charge in [0, 0.05) is 5.41 Å². The second-order valence-corrected chi connectivity index (χ2v) is 9.38. The van der Waals surface area contributed by atoms with Gasteiger partial charge in [0.2, 0.25) is 0 Å². The first-order valence-corrected chi connectivity index (χ1v) is 11.4. The summed E-state index contributed by atoms with van der Waals surface area (Å²) < 4.78 is 5.85. The lowest BCUT2D eigenvalue weighted by atomic mass is 9.86. The van der Waals surface area contributed by atoms with Crippen LogP contribution in [0.5, 0.6) is 0 Å². The molecular formula is C25H45NO. The molecule has 0 fully saturated rings. The van der Waals surface area contributed by atoms with Crippen molar-refractivity contribution in [1.29, 1.82) is 0 Å². The molecule has 0 radical (unpaired) electrons. The van der Waals surface area contributed by atoms with Crippen LogP contribution in [0.3, 0.4) is 0 Å². The summed E-state index contributed by atoms with van der Waals surface area (Å²) in [4.78, 5) is 4.76. The fraction of sp³-hybridized carbons (Fsp3) is 0.800. The molecule has 0 spiro atoms. The molecule has 0 saturated heterocycles. The van der Waals surface area contributed by atoms with Crippen molar-refractivity contribution in [2.24, 2.45) is 10.4 Å². The minimum Gasteiger partial charge on any atom is -0.478 e. The smallest absolute Gasteiger partial charge is 0.189 e. The van der Waals surface area contributed by atoms with Gasteiger partial charge in [0.05, 0.1) is 5.54 Å². The number of rotatable bonds is 15. The highest BCUT2D eigenvalue weighted by Crippen LogP contribution is 2.32. The van der Waals surface area contributed by atoms with E-state index in [1.54, 1.807) is 0 Å². The summed E-state index contributed by atoms with van der Waals surface area (Å²) in [6.45, 7) is 11.8. The highest BCUT2D eigenvalue weighted by molar-refractivity contribution is 5.83. The predicted molar refractivity (Wildman–Crippen MR) is 121 cm³/mol. The molecular weight excluding hydrogens is 330 g/mol. The SMILES string of the molecule is CCCCC/C=C\C/C=C\CCCCCCCC(C)(C)C1=NC(C)(C)CO1.